The molecule has 1 heterocycles. The van der Waals surface area contributed by atoms with E-state index < -0.39 is 0 Å². The summed E-state index contributed by atoms with van der Waals surface area (Å²) in [5.74, 6) is 0.413. The van der Waals surface area contributed by atoms with Crippen molar-refractivity contribution < 1.29 is 14.6 Å². The van der Waals surface area contributed by atoms with E-state index in [9.17, 15) is 9.90 Å². The molecule has 5 nitrogen and oxygen atoms in total. The summed E-state index contributed by atoms with van der Waals surface area (Å²) in [5, 5.41) is 11.5. The molecule has 1 aromatic heterocycles. The zero-order valence-electron chi connectivity index (χ0n) is 17.4. The maximum absolute atomic E-state index is 13.0. The second-order valence-electron chi connectivity index (χ2n) is 7.02. The number of carbonyl (C=O) groups is 1. The third-order valence-corrected chi connectivity index (χ3v) is 6.34. The van der Waals surface area contributed by atoms with E-state index in [-0.39, 0.29) is 24.1 Å². The minimum atomic E-state index is -0.358. The maximum Gasteiger partial charge on any atom is 0.340 e. The molecule has 0 saturated carbocycles. The number of aromatic hydroxyl groups is 1. The minimum absolute atomic E-state index is 0. The van der Waals surface area contributed by atoms with Crippen LogP contribution in [-0.2, 0) is 24.1 Å². The van der Waals surface area contributed by atoms with Crippen LogP contribution in [0.25, 0.3) is 10.9 Å². The van der Waals surface area contributed by atoms with E-state index in [4.69, 9.17) is 4.74 Å². The lowest BCUT2D eigenvalue weighted by Gasteiger charge is -2.15. The molecule has 8 heteroatoms. The van der Waals surface area contributed by atoms with Crippen molar-refractivity contribution in [1.82, 2.24) is 9.47 Å². The summed E-state index contributed by atoms with van der Waals surface area (Å²) in [4.78, 5) is 16.1. The second-order valence-corrected chi connectivity index (χ2v) is 8.92. The fraction of sp³-hybridized carbons (Fsp3) is 0.318. The molecule has 3 rings (SSSR count). The van der Waals surface area contributed by atoms with Gasteiger partial charge in [0.05, 0.1) is 22.2 Å². The van der Waals surface area contributed by atoms with Gasteiger partial charge in [-0.25, -0.2) is 4.79 Å². The molecular formula is C22H26BrClN2O3S. The van der Waals surface area contributed by atoms with Crippen LogP contribution in [0.1, 0.15) is 28.5 Å². The Morgan fingerprint density at radius 3 is 2.53 bits per heavy atom. The van der Waals surface area contributed by atoms with Crippen LogP contribution in [0.15, 0.2) is 45.8 Å². The van der Waals surface area contributed by atoms with Crippen molar-refractivity contribution >= 4 is 57.0 Å². The van der Waals surface area contributed by atoms with Crippen LogP contribution in [0.3, 0.4) is 0 Å². The first kappa shape index (κ1) is 24.6. The van der Waals surface area contributed by atoms with Gasteiger partial charge in [0.2, 0.25) is 0 Å². The molecule has 0 spiro atoms. The number of aromatic nitrogens is 1. The van der Waals surface area contributed by atoms with Crippen LogP contribution < -0.4 is 0 Å². The molecule has 162 valence electrons. The number of nitrogens with zero attached hydrogens (tertiary/aromatic N) is 2. The Bertz CT molecular complexity index is 1040. The Morgan fingerprint density at radius 2 is 1.93 bits per heavy atom. The monoisotopic (exact) mass is 514 g/mol. The summed E-state index contributed by atoms with van der Waals surface area (Å²) >= 11 is 5.13. The summed E-state index contributed by atoms with van der Waals surface area (Å²) in [5.41, 5.74) is 3.02. The summed E-state index contributed by atoms with van der Waals surface area (Å²) in [6, 6.07) is 12.0. The number of rotatable bonds is 7. The number of thioether (sulfide) groups is 1. The first-order chi connectivity index (χ1) is 13.8. The van der Waals surface area contributed by atoms with Gasteiger partial charge >= 0.3 is 5.97 Å². The highest BCUT2D eigenvalue weighted by molar-refractivity contribution is 9.10. The highest BCUT2D eigenvalue weighted by Gasteiger charge is 2.27. The van der Waals surface area contributed by atoms with Crippen molar-refractivity contribution in [2.75, 3.05) is 20.7 Å². The smallest absolute Gasteiger partial charge is 0.340 e. The molecule has 0 bridgehead atoms. The molecule has 0 aliphatic carbocycles. The van der Waals surface area contributed by atoms with E-state index in [0.29, 0.717) is 34.5 Å². The van der Waals surface area contributed by atoms with Gasteiger partial charge < -0.3 is 19.3 Å². The van der Waals surface area contributed by atoms with Gasteiger partial charge in [-0.2, -0.15) is 0 Å². The topological polar surface area (TPSA) is 54.7 Å². The average Bonchev–Trinajstić information content (AvgIpc) is 2.96. The number of ether oxygens (including phenoxy) is 1. The summed E-state index contributed by atoms with van der Waals surface area (Å²) in [6.07, 6.45) is 0. The summed E-state index contributed by atoms with van der Waals surface area (Å²) in [6.45, 7) is 2.60. The third-order valence-electron chi connectivity index (χ3n) is 4.71. The predicted molar refractivity (Wildman–Crippen MR) is 129 cm³/mol. The maximum atomic E-state index is 13.0. The third kappa shape index (κ3) is 4.97. The van der Waals surface area contributed by atoms with E-state index in [1.165, 1.54) is 0 Å². The van der Waals surface area contributed by atoms with Gasteiger partial charge in [-0.3, -0.25) is 0 Å². The average molecular weight is 516 g/mol. The van der Waals surface area contributed by atoms with Gasteiger partial charge in [-0.1, -0.05) is 18.2 Å². The molecule has 3 aromatic rings. The zero-order valence-corrected chi connectivity index (χ0v) is 20.7. The molecular weight excluding hydrogens is 490 g/mol. The molecule has 0 aliphatic rings. The number of phenols is 1. The van der Waals surface area contributed by atoms with E-state index in [1.807, 2.05) is 54.9 Å². The van der Waals surface area contributed by atoms with E-state index in [2.05, 4.69) is 28.1 Å². The first-order valence-electron chi connectivity index (χ1n) is 9.36. The van der Waals surface area contributed by atoms with Gasteiger partial charge in [0, 0.05) is 40.9 Å². The van der Waals surface area contributed by atoms with Crippen LogP contribution >= 0.6 is 40.1 Å². The number of hydrogen-bond acceptors (Lipinski definition) is 5. The van der Waals surface area contributed by atoms with E-state index in [0.717, 1.165) is 21.5 Å². The Hall–Kier alpha value is -1.67. The molecule has 30 heavy (non-hydrogen) atoms. The van der Waals surface area contributed by atoms with Crippen molar-refractivity contribution in [2.45, 2.75) is 24.1 Å². The molecule has 0 unspecified atom stereocenters. The van der Waals surface area contributed by atoms with E-state index >= 15 is 0 Å². The predicted octanol–water partition coefficient (Wildman–Crippen LogP) is 5.60. The van der Waals surface area contributed by atoms with Crippen molar-refractivity contribution in [3.05, 3.63) is 57.7 Å². The highest BCUT2D eigenvalue weighted by atomic mass is 79.9. The number of hydrogen-bond donors (Lipinski definition) is 1. The van der Waals surface area contributed by atoms with Crippen molar-refractivity contribution in [3.8, 4) is 5.75 Å². The van der Waals surface area contributed by atoms with Crippen LogP contribution in [-0.4, -0.2) is 41.2 Å². The van der Waals surface area contributed by atoms with Gasteiger partial charge in [-0.05, 0) is 55.1 Å². The SMILES string of the molecule is CCOC(=O)c1c(CSc2ccccc2)n(C)c2cc(Br)c(O)c([13CH2][15N](C)C)c12.Cl. The summed E-state index contributed by atoms with van der Waals surface area (Å²) < 4.78 is 8.04. The van der Waals surface area contributed by atoms with Gasteiger partial charge in [0.25, 0.3) is 0 Å². The normalized spacial score (nSPS) is 11.0. The Kier molecular flexibility index (Phi) is 8.67. The fourth-order valence-electron chi connectivity index (χ4n) is 3.41. The lowest BCUT2D eigenvalue weighted by atomic mass is 10.1. The molecule has 1 N–H and O–H groups in total. The quantitative estimate of drug-likeness (QED) is 0.192. The number of halogens is 2. The number of carbonyl (C=O) groups excluding carboxylic acids is 1. The van der Waals surface area contributed by atoms with Crippen LogP contribution in [0.5, 0.6) is 5.75 Å². The summed E-state index contributed by atoms with van der Waals surface area (Å²) in [7, 11) is 5.82. The lowest BCUT2D eigenvalue weighted by molar-refractivity contribution is 0.0527. The number of aryl methyl sites for hydroxylation is 1. The van der Waals surface area contributed by atoms with Gasteiger partial charge in [-0.15, -0.1) is 24.2 Å². The van der Waals surface area contributed by atoms with E-state index in [1.54, 1.807) is 18.7 Å². The molecule has 0 atom stereocenters. The molecule has 2 aromatic carbocycles. The molecule has 0 amide bonds. The molecule has 0 radical (unpaired) electrons. The lowest BCUT2D eigenvalue weighted by Crippen LogP contribution is -2.13. The number of fused-ring (bicyclic) bond motifs is 1. The highest BCUT2D eigenvalue weighted by Crippen LogP contribution is 2.41. The number of esters is 1. The molecule has 0 aliphatic heterocycles. The van der Waals surface area contributed by atoms with Crippen LogP contribution in [0.2, 0.25) is 0 Å². The van der Waals surface area contributed by atoms with Crippen LogP contribution in [0, 0.1) is 0 Å². The first-order valence-corrected chi connectivity index (χ1v) is 11.1. The Morgan fingerprint density at radius 1 is 1.27 bits per heavy atom. The molecule has 0 fully saturated rings. The van der Waals surface area contributed by atoms with Gasteiger partial charge in [0.1, 0.15) is 5.75 Å². The standard InChI is InChI=1S/C22H25BrN2O3S.ClH/c1-5-28-22(27)20-18(13-29-14-9-7-6-8-10-14)25(4)17-11-16(23)21(26)15(19(17)20)12-24(2)3;/h6-11,26H,5,12-13H2,1-4H3;1H/i12+1,24+1;. The number of phenolic OH excluding ortho intramolecular Hbond substituents is 1. The Balaban J connectivity index is 0.00000320. The molecule has 0 saturated heterocycles. The van der Waals surface area contributed by atoms with Crippen molar-refractivity contribution in [3.63, 3.8) is 0 Å². The fourth-order valence-corrected chi connectivity index (χ4v) is 4.86. The zero-order chi connectivity index (χ0) is 21.1. The van der Waals surface area contributed by atoms with Crippen molar-refractivity contribution in [1.29, 1.82) is 0 Å². The Labute approximate surface area is 195 Å². The van der Waals surface area contributed by atoms with Gasteiger partial charge in [0.15, 0.2) is 0 Å². The second kappa shape index (κ2) is 10.6. The largest absolute Gasteiger partial charge is 0.506 e. The van der Waals surface area contributed by atoms with Crippen LogP contribution in [0.4, 0.5) is 0 Å². The number of benzene rings is 2. The minimum Gasteiger partial charge on any atom is -0.506 e. The van der Waals surface area contributed by atoms with Crippen molar-refractivity contribution in [2.24, 2.45) is 7.05 Å².